The van der Waals surface area contributed by atoms with Crippen molar-refractivity contribution >= 4 is 15.8 Å². The van der Waals surface area contributed by atoms with E-state index in [1.54, 1.807) is 12.3 Å². The number of rotatable bonds is 3. The summed E-state index contributed by atoms with van der Waals surface area (Å²) in [5, 5.41) is 8.51. The zero-order valence-corrected chi connectivity index (χ0v) is 12.0. The van der Waals surface area contributed by atoms with Gasteiger partial charge in [-0.2, -0.15) is 0 Å². The summed E-state index contributed by atoms with van der Waals surface area (Å²) < 4.78 is 28.9. The third-order valence-corrected chi connectivity index (χ3v) is 5.12. The van der Waals surface area contributed by atoms with Gasteiger partial charge in [0, 0.05) is 24.8 Å². The molecule has 1 saturated heterocycles. The molecule has 3 N–H and O–H groups in total. The molecule has 3 rings (SSSR count). The average Bonchev–Trinajstić information content (AvgIpc) is 2.87. The van der Waals surface area contributed by atoms with Crippen molar-refractivity contribution in [1.29, 1.82) is 0 Å². The predicted molar refractivity (Wildman–Crippen MR) is 74.7 cm³/mol. The number of hydrogen-bond acceptors (Lipinski definition) is 5. The molecule has 3 atom stereocenters. The van der Waals surface area contributed by atoms with Crippen LogP contribution in [-0.4, -0.2) is 32.2 Å². The first-order valence-electron chi connectivity index (χ1n) is 6.91. The summed E-state index contributed by atoms with van der Waals surface area (Å²) >= 11 is 0. The lowest BCUT2D eigenvalue weighted by molar-refractivity contribution is 0.0619. The molecule has 20 heavy (non-hydrogen) atoms. The maximum absolute atomic E-state index is 11.6. The van der Waals surface area contributed by atoms with Crippen molar-refractivity contribution in [3.05, 3.63) is 18.3 Å². The minimum atomic E-state index is -3.76. The summed E-state index contributed by atoms with van der Waals surface area (Å²) in [5.41, 5.74) is 0. The number of primary sulfonamides is 1. The second-order valence-corrected chi connectivity index (χ2v) is 6.97. The summed E-state index contributed by atoms with van der Waals surface area (Å²) in [6, 6.07) is 3.26. The largest absolute Gasteiger partial charge is 0.378 e. The summed E-state index contributed by atoms with van der Waals surface area (Å²) in [6.07, 6.45) is 6.06. The van der Waals surface area contributed by atoms with E-state index >= 15 is 0 Å². The van der Waals surface area contributed by atoms with E-state index in [1.165, 1.54) is 6.07 Å². The molecular formula is C13H19N3O3S. The molecule has 0 amide bonds. The summed E-state index contributed by atoms with van der Waals surface area (Å²) in [7, 11) is -3.76. The molecule has 0 aromatic carbocycles. The zero-order chi connectivity index (χ0) is 14.2. The van der Waals surface area contributed by atoms with E-state index in [9.17, 15) is 8.42 Å². The third-order valence-electron chi connectivity index (χ3n) is 4.18. The first-order chi connectivity index (χ1) is 9.55. The number of anilines is 1. The first kappa shape index (κ1) is 13.8. The highest BCUT2D eigenvalue weighted by Crippen LogP contribution is 2.36. The summed E-state index contributed by atoms with van der Waals surface area (Å²) in [6.45, 7) is 0.789. The van der Waals surface area contributed by atoms with Crippen LogP contribution in [-0.2, 0) is 14.8 Å². The maximum Gasteiger partial charge on any atom is 0.241 e. The van der Waals surface area contributed by atoms with Gasteiger partial charge >= 0.3 is 0 Å². The Balaban J connectivity index is 1.84. The summed E-state index contributed by atoms with van der Waals surface area (Å²) in [4.78, 5) is 4.20. The SMILES string of the molecule is NS(=O)(=O)c1cccnc1NC1CCCC2OCCC12. The fraction of sp³-hybridized carbons (Fsp3) is 0.615. The van der Waals surface area contributed by atoms with E-state index in [0.717, 1.165) is 32.3 Å². The van der Waals surface area contributed by atoms with Crippen molar-refractivity contribution in [2.24, 2.45) is 11.1 Å². The molecule has 3 unspecified atom stereocenters. The van der Waals surface area contributed by atoms with E-state index in [0.29, 0.717) is 17.8 Å². The van der Waals surface area contributed by atoms with Crippen LogP contribution in [0.3, 0.4) is 0 Å². The Hall–Kier alpha value is -1.18. The number of nitrogens with zero attached hydrogens (tertiary/aromatic N) is 1. The number of sulfonamides is 1. The lowest BCUT2D eigenvalue weighted by Crippen LogP contribution is -2.38. The average molecular weight is 297 g/mol. The molecule has 2 fully saturated rings. The van der Waals surface area contributed by atoms with E-state index < -0.39 is 10.0 Å². The van der Waals surface area contributed by atoms with Crippen LogP contribution in [0.4, 0.5) is 5.82 Å². The molecule has 1 aromatic heterocycles. The van der Waals surface area contributed by atoms with Gasteiger partial charge in [-0.1, -0.05) is 0 Å². The molecule has 1 saturated carbocycles. The fourth-order valence-corrected chi connectivity index (χ4v) is 3.91. The molecule has 0 spiro atoms. The van der Waals surface area contributed by atoms with Crippen LogP contribution in [0.2, 0.25) is 0 Å². The van der Waals surface area contributed by atoms with Crippen molar-refractivity contribution in [2.75, 3.05) is 11.9 Å². The Labute approximate surface area is 118 Å². The molecule has 0 radical (unpaired) electrons. The Morgan fingerprint density at radius 2 is 2.20 bits per heavy atom. The highest BCUT2D eigenvalue weighted by Gasteiger charge is 2.38. The quantitative estimate of drug-likeness (QED) is 0.871. The van der Waals surface area contributed by atoms with Crippen molar-refractivity contribution < 1.29 is 13.2 Å². The van der Waals surface area contributed by atoms with Crippen molar-refractivity contribution in [2.45, 2.75) is 42.7 Å². The monoisotopic (exact) mass is 297 g/mol. The number of fused-ring (bicyclic) bond motifs is 1. The fourth-order valence-electron chi connectivity index (χ4n) is 3.26. The Morgan fingerprint density at radius 1 is 1.35 bits per heavy atom. The van der Waals surface area contributed by atoms with Gasteiger partial charge < -0.3 is 10.1 Å². The highest BCUT2D eigenvalue weighted by molar-refractivity contribution is 7.89. The molecule has 7 heteroatoms. The second kappa shape index (κ2) is 5.31. The van der Waals surface area contributed by atoms with Gasteiger partial charge in [0.2, 0.25) is 10.0 Å². The minimum Gasteiger partial charge on any atom is -0.378 e. The highest BCUT2D eigenvalue weighted by atomic mass is 32.2. The predicted octanol–water partition coefficient (Wildman–Crippen LogP) is 1.10. The van der Waals surface area contributed by atoms with Gasteiger partial charge in [-0.25, -0.2) is 18.5 Å². The van der Waals surface area contributed by atoms with Gasteiger partial charge in [-0.05, 0) is 37.8 Å². The lowest BCUT2D eigenvalue weighted by Gasteiger charge is -2.33. The van der Waals surface area contributed by atoms with Crippen LogP contribution in [0.15, 0.2) is 23.2 Å². The molecule has 2 aliphatic rings. The lowest BCUT2D eigenvalue weighted by atomic mass is 9.82. The van der Waals surface area contributed by atoms with Crippen LogP contribution in [0, 0.1) is 5.92 Å². The third kappa shape index (κ3) is 2.65. The molecule has 1 aliphatic carbocycles. The van der Waals surface area contributed by atoms with Crippen molar-refractivity contribution in [3.8, 4) is 0 Å². The van der Waals surface area contributed by atoms with E-state index in [2.05, 4.69) is 10.3 Å². The van der Waals surface area contributed by atoms with Crippen LogP contribution < -0.4 is 10.5 Å². The first-order valence-corrected chi connectivity index (χ1v) is 8.46. The number of ether oxygens (including phenoxy) is 1. The zero-order valence-electron chi connectivity index (χ0n) is 11.2. The van der Waals surface area contributed by atoms with E-state index in [1.807, 2.05) is 0 Å². The molecule has 6 nitrogen and oxygen atoms in total. The Kier molecular flexibility index (Phi) is 3.66. The minimum absolute atomic E-state index is 0.0565. The van der Waals surface area contributed by atoms with Gasteiger partial charge in [0.05, 0.1) is 6.10 Å². The molecule has 2 heterocycles. The van der Waals surface area contributed by atoms with Crippen LogP contribution in [0.25, 0.3) is 0 Å². The van der Waals surface area contributed by atoms with Crippen LogP contribution >= 0.6 is 0 Å². The number of pyridine rings is 1. The van der Waals surface area contributed by atoms with Crippen LogP contribution in [0.5, 0.6) is 0 Å². The van der Waals surface area contributed by atoms with Gasteiger partial charge in [0.15, 0.2) is 0 Å². The number of aromatic nitrogens is 1. The van der Waals surface area contributed by atoms with Gasteiger partial charge in [-0.15, -0.1) is 0 Å². The number of hydrogen-bond donors (Lipinski definition) is 2. The molecule has 1 aromatic rings. The maximum atomic E-state index is 11.6. The van der Waals surface area contributed by atoms with E-state index in [4.69, 9.17) is 9.88 Å². The smallest absolute Gasteiger partial charge is 0.241 e. The number of nitrogens with two attached hydrogens (primary N) is 1. The van der Waals surface area contributed by atoms with Gasteiger partial charge in [0.25, 0.3) is 0 Å². The standard InChI is InChI=1S/C13H19N3O3S/c14-20(17,18)12-5-2-7-15-13(12)16-10-3-1-4-11-9(10)6-8-19-11/h2,5,7,9-11H,1,3-4,6,8H2,(H,15,16)(H2,14,17,18). The Bertz CT molecular complexity index is 590. The number of nitrogens with one attached hydrogen (secondary N) is 1. The van der Waals surface area contributed by atoms with Crippen molar-refractivity contribution in [1.82, 2.24) is 4.98 Å². The molecule has 1 aliphatic heterocycles. The summed E-state index contributed by atoms with van der Waals surface area (Å²) in [5.74, 6) is 0.784. The Morgan fingerprint density at radius 3 is 3.00 bits per heavy atom. The van der Waals surface area contributed by atoms with Crippen LogP contribution in [0.1, 0.15) is 25.7 Å². The molecule has 0 bridgehead atoms. The molecule has 110 valence electrons. The van der Waals surface area contributed by atoms with Gasteiger partial charge in [-0.3, -0.25) is 0 Å². The second-order valence-electron chi connectivity index (χ2n) is 5.44. The normalized spacial score (nSPS) is 29.9. The molecular weight excluding hydrogens is 278 g/mol. The van der Waals surface area contributed by atoms with Crippen molar-refractivity contribution in [3.63, 3.8) is 0 Å². The van der Waals surface area contributed by atoms with Gasteiger partial charge in [0.1, 0.15) is 10.7 Å². The topological polar surface area (TPSA) is 94.3 Å². The van der Waals surface area contributed by atoms with E-state index in [-0.39, 0.29) is 10.9 Å².